The number of aliphatic hydroxyl groups is 1. The highest BCUT2D eigenvalue weighted by atomic mass is 16.3. The maximum Gasteiger partial charge on any atom is 0.118 e. The molecule has 0 aromatic heterocycles. The Morgan fingerprint density at radius 2 is 1.48 bits per heavy atom. The Labute approximate surface area is 127 Å². The second kappa shape index (κ2) is 5.90. The Morgan fingerprint density at radius 1 is 0.905 bits per heavy atom. The van der Waals surface area contributed by atoms with Crippen LogP contribution in [0.3, 0.4) is 0 Å². The first kappa shape index (κ1) is 14.2. The summed E-state index contributed by atoms with van der Waals surface area (Å²) in [5.41, 5.74) is 2.05. The minimum Gasteiger partial charge on any atom is -0.380 e. The third-order valence-electron chi connectivity index (χ3n) is 4.41. The Morgan fingerprint density at radius 3 is 2.05 bits per heavy atom. The van der Waals surface area contributed by atoms with E-state index in [1.54, 1.807) is 0 Å². The zero-order chi connectivity index (χ0) is 14.7. The molecule has 1 aliphatic rings. The van der Waals surface area contributed by atoms with E-state index in [0.717, 1.165) is 24.2 Å². The molecule has 2 aromatic carbocycles. The van der Waals surface area contributed by atoms with Crippen LogP contribution in [0, 0.1) is 6.42 Å². The topological polar surface area (TPSA) is 23.5 Å². The van der Waals surface area contributed by atoms with Gasteiger partial charge >= 0.3 is 0 Å². The molecule has 1 heterocycles. The van der Waals surface area contributed by atoms with E-state index >= 15 is 0 Å². The van der Waals surface area contributed by atoms with Crippen molar-refractivity contribution in [3.63, 3.8) is 0 Å². The van der Waals surface area contributed by atoms with Crippen LogP contribution in [0.25, 0.3) is 0 Å². The molecule has 109 valence electrons. The van der Waals surface area contributed by atoms with Crippen molar-refractivity contribution in [1.82, 2.24) is 0 Å². The maximum atomic E-state index is 11.0. The van der Waals surface area contributed by atoms with Crippen LogP contribution in [0.1, 0.15) is 30.9 Å². The molecule has 2 nitrogen and oxygen atoms in total. The fraction of sp³-hybridized carbons (Fsp3) is 0.316. The highest BCUT2D eigenvalue weighted by Gasteiger charge is 2.29. The van der Waals surface area contributed by atoms with E-state index in [0.29, 0.717) is 0 Å². The molecular formula is C19H22NO. The summed E-state index contributed by atoms with van der Waals surface area (Å²) < 4.78 is 0. The number of benzene rings is 2. The summed E-state index contributed by atoms with van der Waals surface area (Å²) in [7, 11) is 0. The molecule has 2 heteroatoms. The van der Waals surface area contributed by atoms with E-state index in [1.807, 2.05) is 55.8 Å². The third kappa shape index (κ3) is 2.68. The lowest BCUT2D eigenvalue weighted by molar-refractivity contribution is 0.117. The molecule has 0 amide bonds. The number of rotatable bonds is 4. The van der Waals surface area contributed by atoms with E-state index in [4.69, 9.17) is 0 Å². The second-order valence-corrected chi connectivity index (χ2v) is 5.66. The van der Waals surface area contributed by atoms with Gasteiger partial charge in [-0.3, -0.25) is 0 Å². The van der Waals surface area contributed by atoms with Gasteiger partial charge in [0.1, 0.15) is 5.60 Å². The molecule has 1 radical (unpaired) electrons. The zero-order valence-electron chi connectivity index (χ0n) is 12.5. The first-order chi connectivity index (χ1) is 10.2. The van der Waals surface area contributed by atoms with Crippen LogP contribution in [0.4, 0.5) is 5.69 Å². The van der Waals surface area contributed by atoms with Crippen molar-refractivity contribution in [2.24, 2.45) is 0 Å². The van der Waals surface area contributed by atoms with Crippen molar-refractivity contribution in [1.29, 1.82) is 0 Å². The Kier molecular flexibility index (Phi) is 3.98. The van der Waals surface area contributed by atoms with Gasteiger partial charge in [-0.05, 0) is 42.5 Å². The molecule has 21 heavy (non-hydrogen) atoms. The summed E-state index contributed by atoms with van der Waals surface area (Å²) in [6, 6.07) is 18.2. The lowest BCUT2D eigenvalue weighted by Crippen LogP contribution is -2.27. The van der Waals surface area contributed by atoms with Crippen LogP contribution in [0.15, 0.2) is 54.6 Å². The van der Waals surface area contributed by atoms with E-state index in [-0.39, 0.29) is 0 Å². The average Bonchev–Trinajstić information content (AvgIpc) is 3.09. The van der Waals surface area contributed by atoms with Crippen LogP contribution < -0.4 is 4.90 Å². The van der Waals surface area contributed by atoms with Crippen molar-refractivity contribution >= 4 is 5.69 Å². The van der Waals surface area contributed by atoms with E-state index in [2.05, 4.69) is 17.0 Å². The largest absolute Gasteiger partial charge is 0.380 e. The van der Waals surface area contributed by atoms with Gasteiger partial charge in [0.05, 0.1) is 0 Å². The van der Waals surface area contributed by atoms with Crippen LogP contribution in [-0.4, -0.2) is 18.2 Å². The second-order valence-electron chi connectivity index (χ2n) is 5.66. The number of nitrogens with zero attached hydrogens (tertiary/aromatic N) is 1. The fourth-order valence-electron chi connectivity index (χ4n) is 3.09. The molecule has 1 atom stereocenters. The minimum atomic E-state index is -1.02. The van der Waals surface area contributed by atoms with Gasteiger partial charge < -0.3 is 10.0 Å². The molecule has 0 aliphatic carbocycles. The van der Waals surface area contributed by atoms with Crippen molar-refractivity contribution in [3.8, 4) is 0 Å². The monoisotopic (exact) mass is 280 g/mol. The van der Waals surface area contributed by atoms with Gasteiger partial charge in [0.2, 0.25) is 0 Å². The normalized spacial score (nSPS) is 17.7. The van der Waals surface area contributed by atoms with Crippen molar-refractivity contribution in [2.75, 3.05) is 18.0 Å². The summed E-state index contributed by atoms with van der Waals surface area (Å²) in [6.45, 7) is 4.19. The SMILES string of the molecule is C[CH]C(O)(c1ccccc1)c1ccc(N2CCCC2)cc1. The summed E-state index contributed by atoms with van der Waals surface area (Å²) in [5.74, 6) is 0. The van der Waals surface area contributed by atoms with Crippen LogP contribution >= 0.6 is 0 Å². The summed E-state index contributed by atoms with van der Waals surface area (Å²) >= 11 is 0. The van der Waals surface area contributed by atoms with Gasteiger partial charge in [0, 0.05) is 18.8 Å². The van der Waals surface area contributed by atoms with E-state index in [1.165, 1.54) is 18.5 Å². The molecule has 1 fully saturated rings. The van der Waals surface area contributed by atoms with Gasteiger partial charge in [0.25, 0.3) is 0 Å². The molecule has 1 saturated heterocycles. The first-order valence-electron chi connectivity index (χ1n) is 7.68. The van der Waals surface area contributed by atoms with Gasteiger partial charge in [0.15, 0.2) is 0 Å². The Balaban J connectivity index is 1.90. The van der Waals surface area contributed by atoms with E-state index in [9.17, 15) is 5.11 Å². The van der Waals surface area contributed by atoms with Crippen LogP contribution in [0.2, 0.25) is 0 Å². The van der Waals surface area contributed by atoms with Crippen molar-refractivity contribution in [2.45, 2.75) is 25.4 Å². The predicted molar refractivity (Wildman–Crippen MR) is 87.3 cm³/mol. The summed E-state index contributed by atoms with van der Waals surface area (Å²) in [4.78, 5) is 2.40. The molecule has 3 rings (SSSR count). The molecule has 0 saturated carbocycles. The van der Waals surface area contributed by atoms with Gasteiger partial charge in [-0.1, -0.05) is 49.4 Å². The molecule has 0 spiro atoms. The van der Waals surface area contributed by atoms with Crippen molar-refractivity contribution < 1.29 is 5.11 Å². The van der Waals surface area contributed by atoms with Gasteiger partial charge in [-0.25, -0.2) is 0 Å². The lowest BCUT2D eigenvalue weighted by Gasteiger charge is -2.28. The summed E-state index contributed by atoms with van der Waals surface area (Å²) in [6.07, 6.45) is 4.41. The Hall–Kier alpha value is -1.80. The van der Waals surface area contributed by atoms with Crippen LogP contribution in [-0.2, 0) is 5.60 Å². The Bertz CT molecular complexity index is 572. The molecular weight excluding hydrogens is 258 g/mol. The minimum absolute atomic E-state index is 0.904. The van der Waals surface area contributed by atoms with Crippen molar-refractivity contribution in [3.05, 3.63) is 72.1 Å². The molecule has 1 N–H and O–H groups in total. The van der Waals surface area contributed by atoms with Crippen LogP contribution in [0.5, 0.6) is 0 Å². The lowest BCUT2D eigenvalue weighted by atomic mass is 9.84. The maximum absolute atomic E-state index is 11.0. The number of anilines is 1. The van der Waals surface area contributed by atoms with E-state index < -0.39 is 5.60 Å². The molecule has 1 unspecified atom stereocenters. The first-order valence-corrected chi connectivity index (χ1v) is 7.68. The smallest absolute Gasteiger partial charge is 0.118 e. The number of hydrogen-bond acceptors (Lipinski definition) is 2. The third-order valence-corrected chi connectivity index (χ3v) is 4.41. The molecule has 1 aliphatic heterocycles. The highest BCUT2D eigenvalue weighted by Crippen LogP contribution is 2.33. The standard InChI is InChI=1S/C19H22NO/c1-2-19(21,16-8-4-3-5-9-16)17-10-12-18(13-11-17)20-14-6-7-15-20/h2-5,8-13,21H,6-7,14-15H2,1H3. The predicted octanol–water partition coefficient (Wildman–Crippen LogP) is 3.75. The van der Waals surface area contributed by atoms with Gasteiger partial charge in [-0.15, -0.1) is 0 Å². The fourth-order valence-corrected chi connectivity index (χ4v) is 3.09. The average molecular weight is 280 g/mol. The molecule has 2 aromatic rings. The number of hydrogen-bond donors (Lipinski definition) is 1. The summed E-state index contributed by atoms with van der Waals surface area (Å²) in [5, 5.41) is 11.0. The molecule has 0 bridgehead atoms. The quantitative estimate of drug-likeness (QED) is 0.922. The zero-order valence-corrected chi connectivity index (χ0v) is 12.5. The van der Waals surface area contributed by atoms with Gasteiger partial charge in [-0.2, -0.15) is 0 Å². The highest BCUT2D eigenvalue weighted by molar-refractivity contribution is 5.51.